The van der Waals surface area contributed by atoms with Crippen molar-refractivity contribution in [3.8, 4) is 0 Å². The van der Waals surface area contributed by atoms with Crippen molar-refractivity contribution in [2.45, 2.75) is 18.5 Å². The van der Waals surface area contributed by atoms with Gasteiger partial charge in [0.05, 0.1) is 29.6 Å². The second-order valence-corrected chi connectivity index (χ2v) is 6.37. The Morgan fingerprint density at radius 3 is 2.29 bits per heavy atom. The van der Waals surface area contributed by atoms with Crippen LogP contribution in [0.15, 0.2) is 48.5 Å². The van der Waals surface area contributed by atoms with Gasteiger partial charge in [0, 0.05) is 12.5 Å². The molecule has 0 radical (unpaired) electrons. The molecule has 0 unspecified atom stereocenters. The number of benzene rings is 2. The first-order valence-corrected chi connectivity index (χ1v) is 8.99. The molecule has 2 rings (SSSR count). The number of aliphatic hydroxyl groups is 1. The molecule has 2 aromatic rings. The van der Waals surface area contributed by atoms with Crippen molar-refractivity contribution in [2.75, 3.05) is 19.0 Å². The van der Waals surface area contributed by atoms with Gasteiger partial charge >= 0.3 is 5.97 Å². The number of aliphatic hydroxyl groups excluding tert-OH is 1. The van der Waals surface area contributed by atoms with E-state index in [9.17, 15) is 34.9 Å². The molecule has 0 saturated heterocycles. The lowest BCUT2D eigenvalue weighted by Crippen LogP contribution is -2.50. The third-order valence-electron chi connectivity index (χ3n) is 4.30. The molecule has 12 heteroatoms. The monoisotopic (exact) mass is 432 g/mol. The first-order valence-electron chi connectivity index (χ1n) is 8.99. The number of non-ortho nitro benzene ring substituents is 1. The zero-order chi connectivity index (χ0) is 23.0. The highest BCUT2D eigenvalue weighted by atomic mass is 16.6. The summed E-state index contributed by atoms with van der Waals surface area (Å²) in [5.74, 6) is -1.53. The van der Waals surface area contributed by atoms with Crippen LogP contribution in [0.1, 0.15) is 5.56 Å². The average molecular weight is 432 g/mol. The molecule has 31 heavy (non-hydrogen) atoms. The molecule has 3 N–H and O–H groups in total. The third-order valence-corrected chi connectivity index (χ3v) is 4.30. The van der Waals surface area contributed by atoms with Crippen LogP contribution >= 0.6 is 0 Å². The zero-order valence-corrected chi connectivity index (χ0v) is 16.4. The van der Waals surface area contributed by atoms with Crippen LogP contribution in [-0.4, -0.2) is 52.6 Å². The number of nitro groups is 2. The maximum atomic E-state index is 12.6. The number of nitro benzene ring substituents is 2. The number of esters is 1. The first kappa shape index (κ1) is 23.2. The Hall–Kier alpha value is -4.06. The van der Waals surface area contributed by atoms with E-state index in [1.54, 1.807) is 30.3 Å². The van der Waals surface area contributed by atoms with Gasteiger partial charge in [0.2, 0.25) is 5.91 Å². The molecule has 2 aromatic carbocycles. The summed E-state index contributed by atoms with van der Waals surface area (Å²) in [7, 11) is 1.16. The maximum absolute atomic E-state index is 12.6. The number of methoxy groups -OCH3 is 1. The van der Waals surface area contributed by atoms with Crippen LogP contribution in [0.3, 0.4) is 0 Å². The maximum Gasteiger partial charge on any atom is 0.328 e. The fourth-order valence-electron chi connectivity index (χ4n) is 2.75. The summed E-state index contributed by atoms with van der Waals surface area (Å²) in [6.45, 7) is -0.765. The Balaban J connectivity index is 2.21. The van der Waals surface area contributed by atoms with Crippen LogP contribution in [0.25, 0.3) is 0 Å². The molecular formula is C19H20N4O8. The molecule has 0 saturated carbocycles. The van der Waals surface area contributed by atoms with Crippen LogP contribution in [0.5, 0.6) is 0 Å². The number of hydrogen-bond acceptors (Lipinski definition) is 9. The smallest absolute Gasteiger partial charge is 0.328 e. The third kappa shape index (κ3) is 6.21. The van der Waals surface area contributed by atoms with Crippen molar-refractivity contribution >= 4 is 28.9 Å². The Morgan fingerprint density at radius 1 is 1.06 bits per heavy atom. The summed E-state index contributed by atoms with van der Waals surface area (Å²) >= 11 is 0. The van der Waals surface area contributed by atoms with Crippen molar-refractivity contribution in [1.82, 2.24) is 5.32 Å². The molecule has 0 aliphatic carbocycles. The SMILES string of the molecule is COC(=O)[C@H](Cc1ccccc1)NC(=O)[C@H](CO)Nc1ccc([N+](=O)[O-])cc1[N+](=O)[O-]. The van der Waals surface area contributed by atoms with Gasteiger partial charge in [-0.2, -0.15) is 0 Å². The van der Waals surface area contributed by atoms with Gasteiger partial charge in [-0.1, -0.05) is 30.3 Å². The van der Waals surface area contributed by atoms with Crippen LogP contribution in [0.2, 0.25) is 0 Å². The quantitative estimate of drug-likeness (QED) is 0.283. The predicted molar refractivity (Wildman–Crippen MR) is 108 cm³/mol. The molecule has 0 aliphatic heterocycles. The van der Waals surface area contributed by atoms with E-state index in [1.165, 1.54) is 0 Å². The molecule has 164 valence electrons. The van der Waals surface area contributed by atoms with Crippen LogP contribution in [-0.2, 0) is 20.7 Å². The molecule has 2 atom stereocenters. The van der Waals surface area contributed by atoms with Gasteiger partial charge in [0.15, 0.2) is 0 Å². The lowest BCUT2D eigenvalue weighted by atomic mass is 10.1. The van der Waals surface area contributed by atoms with Crippen molar-refractivity contribution in [1.29, 1.82) is 0 Å². The van der Waals surface area contributed by atoms with Gasteiger partial charge in [-0.3, -0.25) is 25.0 Å². The van der Waals surface area contributed by atoms with Crippen molar-refractivity contribution in [3.05, 3.63) is 74.3 Å². The number of anilines is 1. The average Bonchev–Trinajstić information content (AvgIpc) is 2.76. The van der Waals surface area contributed by atoms with Gasteiger partial charge < -0.3 is 20.5 Å². The lowest BCUT2D eigenvalue weighted by Gasteiger charge is -2.21. The summed E-state index contributed by atoms with van der Waals surface area (Å²) in [5.41, 5.74) is -0.606. The van der Waals surface area contributed by atoms with Crippen molar-refractivity contribution < 1.29 is 29.3 Å². The summed E-state index contributed by atoms with van der Waals surface area (Å²) in [6, 6.07) is 9.20. The highest BCUT2D eigenvalue weighted by Crippen LogP contribution is 2.29. The van der Waals surface area contributed by atoms with Crippen LogP contribution in [0.4, 0.5) is 17.1 Å². The van der Waals surface area contributed by atoms with Crippen molar-refractivity contribution in [2.24, 2.45) is 0 Å². The van der Waals surface area contributed by atoms with Gasteiger partial charge in [0.25, 0.3) is 11.4 Å². The summed E-state index contributed by atoms with van der Waals surface area (Å²) in [5, 5.41) is 36.7. The minimum atomic E-state index is -1.37. The normalized spacial score (nSPS) is 12.3. The lowest BCUT2D eigenvalue weighted by molar-refractivity contribution is -0.393. The molecule has 0 aliphatic rings. The van der Waals surface area contributed by atoms with E-state index < -0.39 is 51.8 Å². The first-order chi connectivity index (χ1) is 14.8. The number of carbonyl (C=O) groups is 2. The minimum absolute atomic E-state index is 0.120. The number of hydrogen-bond donors (Lipinski definition) is 3. The molecule has 0 heterocycles. The fraction of sp³-hybridized carbons (Fsp3) is 0.263. The standard InChI is InChI=1S/C19H20N4O8/c1-31-19(26)15(9-12-5-3-2-4-6-12)21-18(25)16(11-24)20-14-8-7-13(22(27)28)10-17(14)23(29)30/h2-8,10,15-16,20,24H,9,11H2,1H3,(H,21,25)/t15-,16-/m0/s1. The predicted octanol–water partition coefficient (Wildman–Crippen LogP) is 1.18. The molecular weight excluding hydrogens is 412 g/mol. The Morgan fingerprint density at radius 2 is 1.74 bits per heavy atom. The van der Waals surface area contributed by atoms with E-state index in [2.05, 4.69) is 10.6 Å². The number of rotatable bonds is 10. The number of nitrogens with one attached hydrogen (secondary N) is 2. The topological polar surface area (TPSA) is 174 Å². The van der Waals surface area contributed by atoms with Gasteiger partial charge in [-0.05, 0) is 11.6 Å². The van der Waals surface area contributed by atoms with E-state index in [0.29, 0.717) is 0 Å². The van der Waals surface area contributed by atoms with E-state index in [1.807, 2.05) is 0 Å². The summed E-state index contributed by atoms with van der Waals surface area (Å²) in [6.07, 6.45) is 0.120. The number of carbonyl (C=O) groups excluding carboxylic acids is 2. The molecule has 0 spiro atoms. The highest BCUT2D eigenvalue weighted by molar-refractivity contribution is 5.90. The van der Waals surface area contributed by atoms with Crippen LogP contribution < -0.4 is 10.6 Å². The van der Waals surface area contributed by atoms with E-state index >= 15 is 0 Å². The van der Waals surface area contributed by atoms with Gasteiger partial charge in [-0.25, -0.2) is 4.79 Å². The second kappa shape index (κ2) is 10.6. The number of amides is 1. The van der Waals surface area contributed by atoms with E-state index in [0.717, 1.165) is 30.9 Å². The fourth-order valence-corrected chi connectivity index (χ4v) is 2.75. The number of nitrogens with zero attached hydrogens (tertiary/aromatic N) is 2. The minimum Gasteiger partial charge on any atom is -0.467 e. The molecule has 0 bridgehead atoms. The van der Waals surface area contributed by atoms with Gasteiger partial charge in [-0.15, -0.1) is 0 Å². The van der Waals surface area contributed by atoms with Crippen LogP contribution in [0, 0.1) is 20.2 Å². The van der Waals surface area contributed by atoms with E-state index in [-0.39, 0.29) is 12.1 Å². The van der Waals surface area contributed by atoms with Gasteiger partial charge in [0.1, 0.15) is 17.8 Å². The molecule has 12 nitrogen and oxygen atoms in total. The summed E-state index contributed by atoms with van der Waals surface area (Å²) < 4.78 is 4.71. The second-order valence-electron chi connectivity index (χ2n) is 6.37. The number of ether oxygens (including phenoxy) is 1. The molecule has 0 fully saturated rings. The van der Waals surface area contributed by atoms with E-state index in [4.69, 9.17) is 4.74 Å². The molecule has 1 amide bonds. The van der Waals surface area contributed by atoms with Crippen molar-refractivity contribution in [3.63, 3.8) is 0 Å². The summed E-state index contributed by atoms with van der Waals surface area (Å²) in [4.78, 5) is 45.2. The largest absolute Gasteiger partial charge is 0.467 e. The molecule has 0 aromatic heterocycles. The Bertz CT molecular complexity index is 967. The Labute approximate surface area is 176 Å². The zero-order valence-electron chi connectivity index (χ0n) is 16.4. The highest BCUT2D eigenvalue weighted by Gasteiger charge is 2.28. The Kier molecular flexibility index (Phi) is 7.97.